The average molecular weight is 441 g/mol. The molecule has 1 aromatic heterocycles. The van der Waals surface area contributed by atoms with E-state index in [1.54, 1.807) is 25.1 Å². The zero-order valence-corrected chi connectivity index (χ0v) is 19.3. The predicted molar refractivity (Wildman–Crippen MR) is 123 cm³/mol. The number of nitriles is 1. The minimum atomic E-state index is -0.452. The second-order valence-electron chi connectivity index (χ2n) is 7.37. The highest BCUT2D eigenvalue weighted by Gasteiger charge is 2.20. The van der Waals surface area contributed by atoms with Crippen LogP contribution < -0.4 is 5.32 Å². The van der Waals surface area contributed by atoms with E-state index in [2.05, 4.69) is 16.8 Å². The Morgan fingerprint density at radius 1 is 1.23 bits per heavy atom. The summed E-state index contributed by atoms with van der Waals surface area (Å²) in [6, 6.07) is 11.2. The van der Waals surface area contributed by atoms with E-state index in [1.807, 2.05) is 38.1 Å². The van der Waals surface area contributed by atoms with E-state index in [4.69, 9.17) is 11.6 Å². The Morgan fingerprint density at radius 3 is 2.48 bits per heavy atom. The molecule has 0 aliphatic rings. The van der Waals surface area contributed by atoms with Gasteiger partial charge in [-0.2, -0.15) is 5.26 Å². The van der Waals surface area contributed by atoms with Crippen LogP contribution in [-0.2, 0) is 22.7 Å². The zero-order valence-electron chi connectivity index (χ0n) is 18.5. The van der Waals surface area contributed by atoms with Crippen molar-refractivity contribution in [1.29, 1.82) is 5.26 Å². The molecule has 1 heterocycles. The highest BCUT2D eigenvalue weighted by molar-refractivity contribution is 6.30. The molecule has 1 N–H and O–H groups in total. The fourth-order valence-electron chi connectivity index (χ4n) is 3.37. The quantitative estimate of drug-likeness (QED) is 0.468. The number of nitrogens with zero attached hydrogens (tertiary/aromatic N) is 3. The maximum absolute atomic E-state index is 12.9. The molecular weight excluding hydrogens is 412 g/mol. The normalized spacial score (nSPS) is 11.2. The van der Waals surface area contributed by atoms with Crippen LogP contribution >= 0.6 is 11.6 Å². The number of nitrogens with one attached hydrogen (secondary N) is 1. The van der Waals surface area contributed by atoms with Crippen LogP contribution in [0.2, 0.25) is 5.02 Å². The second-order valence-corrected chi connectivity index (χ2v) is 7.81. The summed E-state index contributed by atoms with van der Waals surface area (Å²) in [5.41, 5.74) is 3.88. The smallest absolute Gasteiger partial charge is 0.264 e. The average Bonchev–Trinajstić information content (AvgIpc) is 3.02. The van der Waals surface area contributed by atoms with Crippen molar-refractivity contribution in [2.75, 3.05) is 13.1 Å². The van der Waals surface area contributed by atoms with Gasteiger partial charge in [-0.05, 0) is 62.6 Å². The first-order chi connectivity index (χ1) is 14.8. The summed E-state index contributed by atoms with van der Waals surface area (Å²) in [7, 11) is 0. The number of aromatic nitrogens is 1. The Morgan fingerprint density at radius 2 is 1.90 bits per heavy atom. The van der Waals surface area contributed by atoms with Crippen LogP contribution in [0.5, 0.6) is 0 Å². The minimum absolute atomic E-state index is 0.0177. The summed E-state index contributed by atoms with van der Waals surface area (Å²) in [6.07, 6.45) is 2.61. The lowest BCUT2D eigenvalue weighted by atomic mass is 10.1. The standard InChI is InChI=1S/C24H29ClN4O2/c1-5-11-29-17(3)12-20(18(29)4)13-21(14-26)24(31)28(6-2)16-23(30)27-15-19-7-9-22(25)10-8-19/h7-10,12-13H,5-6,11,15-16H2,1-4H3,(H,27,30)/b21-13+. The molecule has 0 fully saturated rings. The molecule has 0 aliphatic heterocycles. The topological polar surface area (TPSA) is 78.1 Å². The van der Waals surface area contributed by atoms with Crippen molar-refractivity contribution >= 4 is 29.5 Å². The van der Waals surface area contributed by atoms with Crippen molar-refractivity contribution in [2.24, 2.45) is 0 Å². The first-order valence-electron chi connectivity index (χ1n) is 10.4. The molecule has 0 atom stereocenters. The summed E-state index contributed by atoms with van der Waals surface area (Å²) in [6.45, 7) is 9.31. The fraction of sp³-hybridized carbons (Fsp3) is 0.375. The Balaban J connectivity index is 2.09. The van der Waals surface area contributed by atoms with Gasteiger partial charge in [0.25, 0.3) is 5.91 Å². The molecule has 164 valence electrons. The molecule has 0 bridgehead atoms. The lowest BCUT2D eigenvalue weighted by Crippen LogP contribution is -2.40. The number of rotatable bonds is 9. The first kappa shape index (κ1) is 24.2. The van der Waals surface area contributed by atoms with Gasteiger partial charge in [0.1, 0.15) is 11.6 Å². The summed E-state index contributed by atoms with van der Waals surface area (Å²) < 4.78 is 2.17. The van der Waals surface area contributed by atoms with Gasteiger partial charge < -0.3 is 14.8 Å². The number of likely N-dealkylation sites (N-methyl/N-ethyl adjacent to an activating group) is 1. The molecule has 0 radical (unpaired) electrons. The summed E-state index contributed by atoms with van der Waals surface area (Å²) >= 11 is 5.87. The molecule has 0 saturated carbocycles. The number of hydrogen-bond donors (Lipinski definition) is 1. The molecule has 31 heavy (non-hydrogen) atoms. The predicted octanol–water partition coefficient (Wildman–Crippen LogP) is 4.24. The van der Waals surface area contributed by atoms with Crippen molar-refractivity contribution in [3.63, 3.8) is 0 Å². The summed E-state index contributed by atoms with van der Waals surface area (Å²) in [5.74, 6) is -0.740. The number of benzene rings is 1. The first-order valence-corrected chi connectivity index (χ1v) is 10.8. The fourth-order valence-corrected chi connectivity index (χ4v) is 3.49. The van der Waals surface area contributed by atoms with Crippen molar-refractivity contribution in [2.45, 2.75) is 47.2 Å². The van der Waals surface area contributed by atoms with Crippen molar-refractivity contribution in [3.05, 3.63) is 63.4 Å². The molecule has 2 amide bonds. The largest absolute Gasteiger partial charge is 0.350 e. The van der Waals surface area contributed by atoms with Crippen molar-refractivity contribution < 1.29 is 9.59 Å². The minimum Gasteiger partial charge on any atom is -0.350 e. The Hall–Kier alpha value is -3.04. The number of hydrogen-bond acceptors (Lipinski definition) is 3. The molecule has 0 aliphatic carbocycles. The van der Waals surface area contributed by atoms with E-state index >= 15 is 0 Å². The van der Waals surface area contributed by atoms with Gasteiger partial charge >= 0.3 is 0 Å². The zero-order chi connectivity index (χ0) is 23.0. The van der Waals surface area contributed by atoms with Crippen LogP contribution in [0.3, 0.4) is 0 Å². The SMILES string of the molecule is CCCn1c(C)cc(/C=C(\C#N)C(=O)N(CC)CC(=O)NCc2ccc(Cl)cc2)c1C. The third kappa shape index (κ3) is 6.47. The van der Waals surface area contributed by atoms with E-state index < -0.39 is 5.91 Å². The van der Waals surface area contributed by atoms with Crippen LogP contribution in [0.4, 0.5) is 0 Å². The lowest BCUT2D eigenvalue weighted by Gasteiger charge is -2.20. The van der Waals surface area contributed by atoms with E-state index in [1.165, 1.54) is 4.90 Å². The van der Waals surface area contributed by atoms with Crippen LogP contribution in [-0.4, -0.2) is 34.4 Å². The van der Waals surface area contributed by atoms with Crippen LogP contribution in [0.15, 0.2) is 35.9 Å². The molecular formula is C24H29ClN4O2. The van der Waals surface area contributed by atoms with E-state index in [-0.39, 0.29) is 18.0 Å². The van der Waals surface area contributed by atoms with Crippen molar-refractivity contribution in [1.82, 2.24) is 14.8 Å². The van der Waals surface area contributed by atoms with Crippen LogP contribution in [0.25, 0.3) is 6.08 Å². The Bertz CT molecular complexity index is 1000. The number of amides is 2. The van der Waals surface area contributed by atoms with Gasteiger partial charge in [-0.1, -0.05) is 30.7 Å². The maximum Gasteiger partial charge on any atom is 0.264 e. The molecule has 0 spiro atoms. The Labute approximate surface area is 189 Å². The molecule has 7 heteroatoms. The monoisotopic (exact) mass is 440 g/mol. The van der Waals surface area contributed by atoms with Gasteiger partial charge in [0.2, 0.25) is 5.91 Å². The van der Waals surface area contributed by atoms with Gasteiger partial charge in [-0.3, -0.25) is 9.59 Å². The van der Waals surface area contributed by atoms with Gasteiger partial charge in [-0.15, -0.1) is 0 Å². The van der Waals surface area contributed by atoms with Crippen molar-refractivity contribution in [3.8, 4) is 6.07 Å². The molecule has 2 aromatic rings. The highest BCUT2D eigenvalue weighted by atomic mass is 35.5. The summed E-state index contributed by atoms with van der Waals surface area (Å²) in [5, 5.41) is 13.0. The van der Waals surface area contributed by atoms with E-state index in [0.717, 1.165) is 35.5 Å². The molecule has 1 aromatic carbocycles. The highest BCUT2D eigenvalue weighted by Crippen LogP contribution is 2.19. The number of carbonyl (C=O) groups is 2. The molecule has 6 nitrogen and oxygen atoms in total. The van der Waals surface area contributed by atoms with Gasteiger partial charge in [0.15, 0.2) is 0 Å². The van der Waals surface area contributed by atoms with Gasteiger partial charge in [0, 0.05) is 36.0 Å². The van der Waals surface area contributed by atoms with Crippen LogP contribution in [0.1, 0.15) is 42.8 Å². The van der Waals surface area contributed by atoms with E-state index in [0.29, 0.717) is 18.1 Å². The van der Waals surface area contributed by atoms with Gasteiger partial charge in [-0.25, -0.2) is 0 Å². The van der Waals surface area contributed by atoms with Gasteiger partial charge in [0.05, 0.1) is 6.54 Å². The molecule has 2 rings (SSSR count). The lowest BCUT2D eigenvalue weighted by molar-refractivity contribution is -0.132. The molecule has 0 saturated heterocycles. The number of carbonyl (C=O) groups excluding carboxylic acids is 2. The van der Waals surface area contributed by atoms with E-state index in [9.17, 15) is 14.9 Å². The third-order valence-electron chi connectivity index (χ3n) is 5.12. The van der Waals surface area contributed by atoms with Crippen LogP contribution in [0, 0.1) is 25.2 Å². The Kier molecular flexibility index (Phi) is 8.89. The molecule has 0 unspecified atom stereocenters. The maximum atomic E-state index is 12.9. The summed E-state index contributed by atoms with van der Waals surface area (Å²) in [4.78, 5) is 26.7. The number of halogens is 1. The second kappa shape index (κ2) is 11.4. The third-order valence-corrected chi connectivity index (χ3v) is 5.37. The number of aryl methyl sites for hydroxylation is 1.